The van der Waals surface area contributed by atoms with Gasteiger partial charge in [-0.2, -0.15) is 0 Å². The minimum Gasteiger partial charge on any atom is -0.463 e. The number of ether oxygens (including phenoxy) is 1. The number of hydrogen-bond acceptors (Lipinski definition) is 5. The van der Waals surface area contributed by atoms with Crippen LogP contribution in [0.5, 0.6) is 5.19 Å². The van der Waals surface area contributed by atoms with Gasteiger partial charge in [0.1, 0.15) is 11.9 Å². The third-order valence-corrected chi connectivity index (χ3v) is 3.47. The molecule has 3 rings (SSSR count). The molecule has 4 nitrogen and oxygen atoms in total. The SMILES string of the molecule is Cc1cccnc1N1CC(Oc2nccs2)C1. The summed E-state index contributed by atoms with van der Waals surface area (Å²) in [6, 6.07) is 4.04. The van der Waals surface area contributed by atoms with E-state index in [9.17, 15) is 0 Å². The maximum atomic E-state index is 5.72. The van der Waals surface area contributed by atoms with E-state index in [0.717, 1.165) is 24.1 Å². The fraction of sp³-hybridized carbons (Fsp3) is 0.333. The predicted molar refractivity (Wildman–Crippen MR) is 67.7 cm³/mol. The van der Waals surface area contributed by atoms with Gasteiger partial charge >= 0.3 is 0 Å². The Hall–Kier alpha value is -1.62. The minimum absolute atomic E-state index is 0.238. The normalized spacial score (nSPS) is 15.7. The zero-order valence-corrected chi connectivity index (χ0v) is 10.4. The molecule has 5 heteroatoms. The van der Waals surface area contributed by atoms with Crippen molar-refractivity contribution in [3.05, 3.63) is 35.5 Å². The van der Waals surface area contributed by atoms with Gasteiger partial charge in [-0.25, -0.2) is 9.97 Å². The molecule has 17 heavy (non-hydrogen) atoms. The monoisotopic (exact) mass is 247 g/mol. The van der Waals surface area contributed by atoms with Crippen molar-refractivity contribution in [2.24, 2.45) is 0 Å². The van der Waals surface area contributed by atoms with Crippen LogP contribution in [0, 0.1) is 6.92 Å². The summed E-state index contributed by atoms with van der Waals surface area (Å²) in [5.74, 6) is 1.06. The highest BCUT2D eigenvalue weighted by Crippen LogP contribution is 2.25. The van der Waals surface area contributed by atoms with E-state index in [1.54, 1.807) is 6.20 Å². The molecule has 88 valence electrons. The van der Waals surface area contributed by atoms with E-state index in [1.165, 1.54) is 16.9 Å². The number of aromatic nitrogens is 2. The second kappa shape index (κ2) is 4.33. The summed E-state index contributed by atoms with van der Waals surface area (Å²) >= 11 is 1.53. The first-order valence-corrected chi connectivity index (χ1v) is 6.43. The molecule has 2 aromatic rings. The molecule has 0 spiro atoms. The standard InChI is InChI=1S/C12H13N3OS/c1-9-3-2-4-13-11(9)15-7-10(8-15)16-12-14-5-6-17-12/h2-6,10H,7-8H2,1H3. The summed E-state index contributed by atoms with van der Waals surface area (Å²) in [5, 5.41) is 2.68. The second-order valence-corrected chi connectivity index (χ2v) is 4.94. The quantitative estimate of drug-likeness (QED) is 0.832. The van der Waals surface area contributed by atoms with E-state index >= 15 is 0 Å². The van der Waals surface area contributed by atoms with Crippen molar-refractivity contribution in [1.29, 1.82) is 0 Å². The largest absolute Gasteiger partial charge is 0.463 e. The zero-order valence-electron chi connectivity index (χ0n) is 9.54. The van der Waals surface area contributed by atoms with E-state index in [-0.39, 0.29) is 6.10 Å². The van der Waals surface area contributed by atoms with Crippen molar-refractivity contribution in [1.82, 2.24) is 9.97 Å². The Morgan fingerprint density at radius 1 is 1.35 bits per heavy atom. The summed E-state index contributed by atoms with van der Waals surface area (Å²) < 4.78 is 5.72. The van der Waals surface area contributed by atoms with Crippen LogP contribution in [0.4, 0.5) is 5.82 Å². The van der Waals surface area contributed by atoms with Crippen molar-refractivity contribution >= 4 is 17.2 Å². The number of pyridine rings is 1. The molecule has 0 amide bonds. The van der Waals surface area contributed by atoms with Gasteiger partial charge in [0.25, 0.3) is 5.19 Å². The predicted octanol–water partition coefficient (Wildman–Crippen LogP) is 2.11. The van der Waals surface area contributed by atoms with Gasteiger partial charge in [-0.15, -0.1) is 0 Å². The van der Waals surface area contributed by atoms with Gasteiger partial charge in [-0.05, 0) is 18.6 Å². The molecule has 0 aliphatic carbocycles. The Labute approximate surface area is 104 Å². The average Bonchev–Trinajstić information content (AvgIpc) is 2.77. The Morgan fingerprint density at radius 2 is 2.24 bits per heavy atom. The Balaban J connectivity index is 1.60. The van der Waals surface area contributed by atoms with Gasteiger partial charge in [0.05, 0.1) is 13.1 Å². The summed E-state index contributed by atoms with van der Waals surface area (Å²) in [7, 11) is 0. The zero-order chi connectivity index (χ0) is 11.7. The average molecular weight is 247 g/mol. The lowest BCUT2D eigenvalue weighted by Crippen LogP contribution is -2.54. The van der Waals surface area contributed by atoms with E-state index in [0.29, 0.717) is 0 Å². The van der Waals surface area contributed by atoms with Gasteiger partial charge in [0.15, 0.2) is 0 Å². The number of anilines is 1. The fourth-order valence-electron chi connectivity index (χ4n) is 1.91. The van der Waals surface area contributed by atoms with Crippen molar-refractivity contribution in [3.8, 4) is 5.19 Å². The second-order valence-electron chi connectivity index (χ2n) is 4.09. The third-order valence-electron chi connectivity index (χ3n) is 2.81. The maximum absolute atomic E-state index is 5.72. The minimum atomic E-state index is 0.238. The summed E-state index contributed by atoms with van der Waals surface area (Å²) in [4.78, 5) is 10.7. The fourth-order valence-corrected chi connectivity index (χ4v) is 2.46. The molecule has 3 heterocycles. The molecule has 0 unspecified atom stereocenters. The van der Waals surface area contributed by atoms with Gasteiger partial charge in [-0.3, -0.25) is 0 Å². The molecule has 1 aliphatic heterocycles. The van der Waals surface area contributed by atoms with Gasteiger partial charge in [-0.1, -0.05) is 17.4 Å². The molecule has 0 radical (unpaired) electrons. The summed E-state index contributed by atoms with van der Waals surface area (Å²) in [6.07, 6.45) is 3.83. The molecule has 1 saturated heterocycles. The van der Waals surface area contributed by atoms with Crippen LogP contribution in [0.15, 0.2) is 29.9 Å². The van der Waals surface area contributed by atoms with Crippen LogP contribution in [0.2, 0.25) is 0 Å². The molecule has 0 saturated carbocycles. The van der Waals surface area contributed by atoms with Gasteiger partial charge in [0.2, 0.25) is 0 Å². The van der Waals surface area contributed by atoms with E-state index in [1.807, 2.05) is 17.6 Å². The molecule has 0 N–H and O–H groups in total. The maximum Gasteiger partial charge on any atom is 0.273 e. The molecule has 0 bridgehead atoms. The molecule has 0 aromatic carbocycles. The molecule has 2 aromatic heterocycles. The van der Waals surface area contributed by atoms with Crippen LogP contribution < -0.4 is 9.64 Å². The summed E-state index contributed by atoms with van der Waals surface area (Å²) in [5.41, 5.74) is 1.21. The highest BCUT2D eigenvalue weighted by Gasteiger charge is 2.30. The van der Waals surface area contributed by atoms with Crippen molar-refractivity contribution < 1.29 is 4.74 Å². The van der Waals surface area contributed by atoms with Crippen LogP contribution in [0.3, 0.4) is 0 Å². The number of aryl methyl sites for hydroxylation is 1. The molecule has 1 fully saturated rings. The van der Waals surface area contributed by atoms with E-state index in [4.69, 9.17) is 4.74 Å². The van der Waals surface area contributed by atoms with Crippen LogP contribution in [0.1, 0.15) is 5.56 Å². The molecule has 0 atom stereocenters. The lowest BCUT2D eigenvalue weighted by molar-refractivity contribution is 0.166. The van der Waals surface area contributed by atoms with Crippen molar-refractivity contribution in [3.63, 3.8) is 0 Å². The molecular formula is C12H13N3OS. The number of thiazole rings is 1. The lowest BCUT2D eigenvalue weighted by atomic mass is 10.1. The van der Waals surface area contributed by atoms with Crippen LogP contribution >= 0.6 is 11.3 Å². The number of nitrogens with zero attached hydrogens (tertiary/aromatic N) is 3. The first-order chi connectivity index (χ1) is 8.33. The van der Waals surface area contributed by atoms with Crippen molar-refractivity contribution in [2.75, 3.05) is 18.0 Å². The van der Waals surface area contributed by atoms with E-state index in [2.05, 4.69) is 27.9 Å². The van der Waals surface area contributed by atoms with Gasteiger partial charge < -0.3 is 9.64 Å². The molecule has 1 aliphatic rings. The van der Waals surface area contributed by atoms with Gasteiger partial charge in [0, 0.05) is 17.8 Å². The Bertz CT molecular complexity index is 494. The number of rotatable bonds is 3. The Kier molecular flexibility index (Phi) is 2.68. The lowest BCUT2D eigenvalue weighted by Gasteiger charge is -2.39. The smallest absolute Gasteiger partial charge is 0.273 e. The topological polar surface area (TPSA) is 38.2 Å². The van der Waals surface area contributed by atoms with Crippen LogP contribution in [-0.4, -0.2) is 29.2 Å². The Morgan fingerprint density at radius 3 is 2.94 bits per heavy atom. The van der Waals surface area contributed by atoms with Crippen LogP contribution in [-0.2, 0) is 0 Å². The van der Waals surface area contributed by atoms with Crippen LogP contribution in [0.25, 0.3) is 0 Å². The van der Waals surface area contributed by atoms with E-state index < -0.39 is 0 Å². The van der Waals surface area contributed by atoms with Crippen molar-refractivity contribution in [2.45, 2.75) is 13.0 Å². The third kappa shape index (κ3) is 2.10. The molecular weight excluding hydrogens is 234 g/mol. The first kappa shape index (κ1) is 10.5. The number of hydrogen-bond donors (Lipinski definition) is 0. The highest BCUT2D eigenvalue weighted by atomic mass is 32.1. The highest BCUT2D eigenvalue weighted by molar-refractivity contribution is 7.11. The summed E-state index contributed by atoms with van der Waals surface area (Å²) in [6.45, 7) is 3.85. The first-order valence-electron chi connectivity index (χ1n) is 5.55.